The standard InChI is InChI=1S/C19H18F3N3O3S/c20-19(21,22)29(27,28)17-4-1-14(2-5-17)24-15-3-6-18(13(11-15)12-23)25-9-7-16(26)8-10-25/h1-6,11,16,24,26H,7-10H2. The van der Waals surface area contributed by atoms with Crippen molar-refractivity contribution in [3.05, 3.63) is 48.0 Å². The number of hydrogen-bond donors (Lipinski definition) is 2. The fourth-order valence-corrected chi connectivity index (χ4v) is 3.87. The van der Waals surface area contributed by atoms with Crippen molar-refractivity contribution < 1.29 is 26.7 Å². The van der Waals surface area contributed by atoms with E-state index < -0.39 is 20.2 Å². The third-order valence-corrected chi connectivity index (χ3v) is 6.18. The van der Waals surface area contributed by atoms with E-state index in [2.05, 4.69) is 11.4 Å². The van der Waals surface area contributed by atoms with Crippen LogP contribution >= 0.6 is 0 Å². The van der Waals surface area contributed by atoms with Gasteiger partial charge in [0.2, 0.25) is 0 Å². The highest BCUT2D eigenvalue weighted by Crippen LogP contribution is 2.32. The Morgan fingerprint density at radius 2 is 1.66 bits per heavy atom. The van der Waals surface area contributed by atoms with Crippen LogP contribution in [-0.2, 0) is 9.84 Å². The van der Waals surface area contributed by atoms with Gasteiger partial charge in [-0.3, -0.25) is 0 Å². The maximum Gasteiger partial charge on any atom is 0.501 e. The van der Waals surface area contributed by atoms with Gasteiger partial charge in [0, 0.05) is 24.5 Å². The molecule has 1 aliphatic rings. The lowest BCUT2D eigenvalue weighted by molar-refractivity contribution is -0.0436. The summed E-state index contributed by atoms with van der Waals surface area (Å²) in [5, 5.41) is 22.0. The normalized spacial score (nSPS) is 15.8. The van der Waals surface area contributed by atoms with E-state index in [-0.39, 0.29) is 6.10 Å². The summed E-state index contributed by atoms with van der Waals surface area (Å²) >= 11 is 0. The van der Waals surface area contributed by atoms with E-state index in [1.54, 1.807) is 18.2 Å². The maximum atomic E-state index is 12.6. The first kappa shape index (κ1) is 21.0. The topological polar surface area (TPSA) is 93.4 Å². The van der Waals surface area contributed by atoms with Crippen molar-refractivity contribution in [1.29, 1.82) is 5.26 Å². The van der Waals surface area contributed by atoms with E-state index >= 15 is 0 Å². The third-order valence-electron chi connectivity index (χ3n) is 4.68. The van der Waals surface area contributed by atoms with E-state index in [9.17, 15) is 32.0 Å². The number of anilines is 3. The van der Waals surface area contributed by atoms with Crippen molar-refractivity contribution in [2.24, 2.45) is 0 Å². The Morgan fingerprint density at radius 3 is 2.21 bits per heavy atom. The predicted molar refractivity (Wildman–Crippen MR) is 102 cm³/mol. The Bertz CT molecular complexity index is 1020. The van der Waals surface area contributed by atoms with Crippen LogP contribution in [0.2, 0.25) is 0 Å². The Hall–Kier alpha value is -2.77. The average Bonchev–Trinajstić information content (AvgIpc) is 2.68. The van der Waals surface area contributed by atoms with E-state index in [0.29, 0.717) is 42.9 Å². The van der Waals surface area contributed by atoms with Gasteiger partial charge < -0.3 is 15.3 Å². The molecule has 0 unspecified atom stereocenters. The second-order valence-electron chi connectivity index (χ2n) is 6.66. The van der Waals surface area contributed by atoms with Gasteiger partial charge in [0.15, 0.2) is 0 Å². The molecule has 3 rings (SSSR count). The number of sulfone groups is 1. The summed E-state index contributed by atoms with van der Waals surface area (Å²) in [5.74, 6) is 0. The largest absolute Gasteiger partial charge is 0.501 e. The zero-order valence-corrected chi connectivity index (χ0v) is 16.0. The molecule has 1 aliphatic heterocycles. The van der Waals surface area contributed by atoms with Gasteiger partial charge in [-0.05, 0) is 55.3 Å². The molecule has 1 saturated heterocycles. The van der Waals surface area contributed by atoms with Crippen molar-refractivity contribution in [1.82, 2.24) is 0 Å². The highest BCUT2D eigenvalue weighted by atomic mass is 32.2. The van der Waals surface area contributed by atoms with Crippen molar-refractivity contribution in [3.8, 4) is 6.07 Å². The molecule has 0 aromatic heterocycles. The third kappa shape index (κ3) is 4.46. The molecule has 1 heterocycles. The van der Waals surface area contributed by atoms with Gasteiger partial charge in [-0.15, -0.1) is 0 Å². The molecule has 29 heavy (non-hydrogen) atoms. The second kappa shape index (κ2) is 7.93. The molecular formula is C19H18F3N3O3S. The van der Waals surface area contributed by atoms with Crippen molar-refractivity contribution in [2.75, 3.05) is 23.3 Å². The number of aliphatic hydroxyl groups excluding tert-OH is 1. The van der Waals surface area contributed by atoms with Crippen LogP contribution in [0.4, 0.5) is 30.2 Å². The summed E-state index contributed by atoms with van der Waals surface area (Å²) < 4.78 is 60.7. The lowest BCUT2D eigenvalue weighted by atomic mass is 10.0. The minimum Gasteiger partial charge on any atom is -0.393 e. The number of nitrogens with zero attached hydrogens (tertiary/aromatic N) is 2. The highest BCUT2D eigenvalue weighted by Gasteiger charge is 2.46. The van der Waals surface area contributed by atoms with Crippen LogP contribution in [0.5, 0.6) is 0 Å². The second-order valence-corrected chi connectivity index (χ2v) is 8.60. The number of halogens is 3. The zero-order chi connectivity index (χ0) is 21.2. The molecule has 0 radical (unpaired) electrons. The fourth-order valence-electron chi connectivity index (χ4n) is 3.10. The number of piperidine rings is 1. The number of nitriles is 1. The summed E-state index contributed by atoms with van der Waals surface area (Å²) in [6, 6.07) is 11.4. The van der Waals surface area contributed by atoms with Crippen LogP contribution in [0.1, 0.15) is 18.4 Å². The smallest absolute Gasteiger partial charge is 0.393 e. The number of aliphatic hydroxyl groups is 1. The van der Waals surface area contributed by atoms with Crippen molar-refractivity contribution in [2.45, 2.75) is 29.3 Å². The SMILES string of the molecule is N#Cc1cc(Nc2ccc(S(=O)(=O)C(F)(F)F)cc2)ccc1N1CCC(O)CC1. The molecule has 10 heteroatoms. The van der Waals surface area contributed by atoms with Crippen LogP contribution in [0.25, 0.3) is 0 Å². The highest BCUT2D eigenvalue weighted by molar-refractivity contribution is 7.92. The van der Waals surface area contributed by atoms with Crippen molar-refractivity contribution >= 4 is 26.9 Å². The van der Waals surface area contributed by atoms with Gasteiger partial charge >= 0.3 is 5.51 Å². The molecule has 2 aromatic rings. The lowest BCUT2D eigenvalue weighted by Crippen LogP contribution is -2.36. The minimum atomic E-state index is -5.39. The molecule has 6 nitrogen and oxygen atoms in total. The number of alkyl halides is 3. The molecule has 1 fully saturated rings. The van der Waals surface area contributed by atoms with Gasteiger partial charge in [0.1, 0.15) is 6.07 Å². The van der Waals surface area contributed by atoms with Crippen LogP contribution in [0.3, 0.4) is 0 Å². The minimum absolute atomic E-state index is 0.332. The number of benzene rings is 2. The number of hydrogen-bond acceptors (Lipinski definition) is 6. The van der Waals surface area contributed by atoms with Crippen LogP contribution in [-0.4, -0.2) is 38.2 Å². The van der Waals surface area contributed by atoms with Gasteiger partial charge in [0.25, 0.3) is 9.84 Å². The van der Waals surface area contributed by atoms with E-state index in [1.807, 2.05) is 4.90 Å². The average molecular weight is 425 g/mol. The Kier molecular flexibility index (Phi) is 5.73. The van der Waals surface area contributed by atoms with Crippen LogP contribution in [0.15, 0.2) is 47.4 Å². The first-order valence-corrected chi connectivity index (χ1v) is 10.3. The van der Waals surface area contributed by atoms with Gasteiger partial charge in [0.05, 0.1) is 22.3 Å². The Labute approximate surface area is 166 Å². The van der Waals surface area contributed by atoms with E-state index in [4.69, 9.17) is 0 Å². The molecule has 0 aliphatic carbocycles. The van der Waals surface area contributed by atoms with Crippen LogP contribution < -0.4 is 10.2 Å². The molecular weight excluding hydrogens is 407 g/mol. The molecule has 0 spiro atoms. The summed E-state index contributed by atoms with van der Waals surface area (Å²) in [5.41, 5.74) is -3.28. The summed E-state index contributed by atoms with van der Waals surface area (Å²) in [6.45, 7) is 1.27. The predicted octanol–water partition coefficient (Wildman–Crippen LogP) is 3.56. The number of nitrogens with one attached hydrogen (secondary N) is 1. The zero-order valence-electron chi connectivity index (χ0n) is 15.1. The van der Waals surface area contributed by atoms with Gasteiger partial charge in [-0.25, -0.2) is 8.42 Å². The summed E-state index contributed by atoms with van der Waals surface area (Å²) in [4.78, 5) is 1.18. The molecule has 154 valence electrons. The molecule has 0 bridgehead atoms. The van der Waals surface area contributed by atoms with E-state index in [0.717, 1.165) is 17.8 Å². The Balaban J connectivity index is 1.78. The van der Waals surface area contributed by atoms with Crippen molar-refractivity contribution in [3.63, 3.8) is 0 Å². The Morgan fingerprint density at radius 1 is 1.07 bits per heavy atom. The molecule has 2 aromatic carbocycles. The molecule has 0 saturated carbocycles. The maximum absolute atomic E-state index is 12.6. The fraction of sp³-hybridized carbons (Fsp3) is 0.316. The van der Waals surface area contributed by atoms with Gasteiger partial charge in [-0.1, -0.05) is 0 Å². The molecule has 0 amide bonds. The molecule has 2 N–H and O–H groups in total. The van der Waals surface area contributed by atoms with Gasteiger partial charge in [-0.2, -0.15) is 18.4 Å². The summed E-state index contributed by atoms with van der Waals surface area (Å²) in [6.07, 6.45) is 0.915. The first-order valence-electron chi connectivity index (χ1n) is 8.77. The summed E-state index contributed by atoms with van der Waals surface area (Å²) in [7, 11) is -5.39. The quantitative estimate of drug-likeness (QED) is 0.778. The monoisotopic (exact) mass is 425 g/mol. The molecule has 0 atom stereocenters. The van der Waals surface area contributed by atoms with E-state index in [1.165, 1.54) is 12.1 Å². The number of rotatable bonds is 4. The van der Waals surface area contributed by atoms with Crippen LogP contribution in [0, 0.1) is 11.3 Å². The lowest BCUT2D eigenvalue weighted by Gasteiger charge is -2.32. The first-order chi connectivity index (χ1) is 13.6.